The van der Waals surface area contributed by atoms with Crippen molar-refractivity contribution in [2.24, 2.45) is 0 Å². The second-order valence-corrected chi connectivity index (χ2v) is 6.85. The van der Waals surface area contributed by atoms with Crippen molar-refractivity contribution in [3.8, 4) is 11.5 Å². The van der Waals surface area contributed by atoms with Crippen molar-refractivity contribution in [2.75, 3.05) is 40.4 Å². The van der Waals surface area contributed by atoms with Gasteiger partial charge in [-0.25, -0.2) is 0 Å². The molecule has 0 saturated carbocycles. The highest BCUT2D eigenvalue weighted by atomic mass is 16.5. The molecule has 2 amide bonds. The molecule has 1 aliphatic heterocycles. The number of benzene rings is 2. The first-order valence-corrected chi connectivity index (χ1v) is 9.37. The Labute approximate surface area is 165 Å². The molecule has 0 bridgehead atoms. The normalized spacial score (nSPS) is 14.0. The standard InChI is InChI=1S/C22H26N2O4/c1-16-6-4-5-7-17(16)15-21(25)23-10-12-24(13-11-23)22(26)18-8-9-19(27-2)20(14-18)28-3/h4-9,14H,10-13,15H2,1-3H3. The summed E-state index contributed by atoms with van der Waals surface area (Å²) >= 11 is 0. The molecule has 0 spiro atoms. The van der Waals surface area contributed by atoms with Crippen molar-refractivity contribution < 1.29 is 19.1 Å². The summed E-state index contributed by atoms with van der Waals surface area (Å²) in [6, 6.07) is 13.1. The van der Waals surface area contributed by atoms with Crippen molar-refractivity contribution in [2.45, 2.75) is 13.3 Å². The van der Waals surface area contributed by atoms with E-state index >= 15 is 0 Å². The number of methoxy groups -OCH3 is 2. The molecular weight excluding hydrogens is 356 g/mol. The van der Waals surface area contributed by atoms with Crippen LogP contribution in [-0.2, 0) is 11.2 Å². The molecule has 1 aliphatic rings. The largest absolute Gasteiger partial charge is 0.493 e. The Bertz CT molecular complexity index is 857. The summed E-state index contributed by atoms with van der Waals surface area (Å²) in [6.07, 6.45) is 0.399. The van der Waals surface area contributed by atoms with Crippen molar-refractivity contribution in [3.05, 3.63) is 59.2 Å². The molecule has 1 saturated heterocycles. The molecule has 0 atom stereocenters. The van der Waals surface area contributed by atoms with Gasteiger partial charge in [0.1, 0.15) is 0 Å². The summed E-state index contributed by atoms with van der Waals surface area (Å²) in [4.78, 5) is 29.0. The minimum Gasteiger partial charge on any atom is -0.493 e. The van der Waals surface area contributed by atoms with Crippen LogP contribution < -0.4 is 9.47 Å². The van der Waals surface area contributed by atoms with Crippen molar-refractivity contribution in [1.29, 1.82) is 0 Å². The lowest BCUT2D eigenvalue weighted by Gasteiger charge is -2.35. The summed E-state index contributed by atoms with van der Waals surface area (Å²) < 4.78 is 10.5. The third kappa shape index (κ3) is 4.27. The molecule has 28 heavy (non-hydrogen) atoms. The van der Waals surface area contributed by atoms with Crippen LogP contribution in [0.15, 0.2) is 42.5 Å². The summed E-state index contributed by atoms with van der Waals surface area (Å²) in [5.41, 5.74) is 2.73. The van der Waals surface area contributed by atoms with Crippen LogP contribution in [0.4, 0.5) is 0 Å². The van der Waals surface area contributed by atoms with E-state index < -0.39 is 0 Å². The zero-order valence-corrected chi connectivity index (χ0v) is 16.6. The number of hydrogen-bond donors (Lipinski definition) is 0. The molecular formula is C22H26N2O4. The molecule has 6 nitrogen and oxygen atoms in total. The number of carbonyl (C=O) groups is 2. The van der Waals surface area contributed by atoms with Crippen LogP contribution in [0.2, 0.25) is 0 Å². The summed E-state index contributed by atoms with van der Waals surface area (Å²) in [7, 11) is 3.11. The van der Waals surface area contributed by atoms with Gasteiger partial charge in [0.05, 0.1) is 20.6 Å². The van der Waals surface area contributed by atoms with Gasteiger partial charge < -0.3 is 19.3 Å². The van der Waals surface area contributed by atoms with Crippen LogP contribution >= 0.6 is 0 Å². The fourth-order valence-corrected chi connectivity index (χ4v) is 3.39. The lowest BCUT2D eigenvalue weighted by Crippen LogP contribution is -2.51. The van der Waals surface area contributed by atoms with E-state index in [0.717, 1.165) is 11.1 Å². The third-order valence-electron chi connectivity index (χ3n) is 5.15. The van der Waals surface area contributed by atoms with E-state index in [4.69, 9.17) is 9.47 Å². The maximum Gasteiger partial charge on any atom is 0.254 e. The van der Waals surface area contributed by atoms with Gasteiger partial charge in [-0.1, -0.05) is 24.3 Å². The lowest BCUT2D eigenvalue weighted by atomic mass is 10.1. The second kappa shape index (κ2) is 8.78. The van der Waals surface area contributed by atoms with Crippen molar-refractivity contribution in [3.63, 3.8) is 0 Å². The van der Waals surface area contributed by atoms with Gasteiger partial charge in [0.2, 0.25) is 5.91 Å². The first-order chi connectivity index (χ1) is 13.5. The summed E-state index contributed by atoms with van der Waals surface area (Å²) in [5, 5.41) is 0. The van der Waals surface area contributed by atoms with E-state index in [1.165, 1.54) is 0 Å². The number of carbonyl (C=O) groups excluding carboxylic acids is 2. The third-order valence-corrected chi connectivity index (χ3v) is 5.15. The fraction of sp³-hybridized carbons (Fsp3) is 0.364. The minimum atomic E-state index is -0.0630. The molecule has 2 aromatic rings. The van der Waals surface area contributed by atoms with Gasteiger partial charge in [-0.05, 0) is 36.2 Å². The van der Waals surface area contributed by atoms with Crippen LogP contribution in [0, 0.1) is 6.92 Å². The Morgan fingerprint density at radius 2 is 1.54 bits per heavy atom. The molecule has 1 fully saturated rings. The van der Waals surface area contributed by atoms with Crippen LogP contribution in [0.5, 0.6) is 11.5 Å². The lowest BCUT2D eigenvalue weighted by molar-refractivity contribution is -0.131. The fourth-order valence-electron chi connectivity index (χ4n) is 3.39. The number of nitrogens with zero attached hydrogens (tertiary/aromatic N) is 2. The Morgan fingerprint density at radius 1 is 0.893 bits per heavy atom. The maximum absolute atomic E-state index is 12.8. The van der Waals surface area contributed by atoms with E-state index in [0.29, 0.717) is 49.7 Å². The van der Waals surface area contributed by atoms with Gasteiger partial charge >= 0.3 is 0 Å². The molecule has 0 aliphatic carbocycles. The molecule has 0 aromatic heterocycles. The topological polar surface area (TPSA) is 59.1 Å². The highest BCUT2D eigenvalue weighted by Gasteiger charge is 2.25. The van der Waals surface area contributed by atoms with Crippen LogP contribution in [0.25, 0.3) is 0 Å². The van der Waals surface area contributed by atoms with Gasteiger partial charge in [-0.2, -0.15) is 0 Å². The average molecular weight is 382 g/mol. The molecule has 148 valence electrons. The average Bonchev–Trinajstić information content (AvgIpc) is 2.74. The van der Waals surface area contributed by atoms with Gasteiger partial charge in [-0.3, -0.25) is 9.59 Å². The predicted molar refractivity (Wildman–Crippen MR) is 107 cm³/mol. The molecule has 0 unspecified atom stereocenters. The van der Waals surface area contributed by atoms with Crippen LogP contribution in [-0.4, -0.2) is 62.0 Å². The van der Waals surface area contributed by atoms with E-state index in [-0.39, 0.29) is 11.8 Å². The molecule has 0 radical (unpaired) electrons. The Balaban J connectivity index is 1.59. The summed E-state index contributed by atoms with van der Waals surface area (Å²) in [6.45, 7) is 4.15. The highest BCUT2D eigenvalue weighted by molar-refractivity contribution is 5.95. The van der Waals surface area contributed by atoms with E-state index in [2.05, 4.69) is 0 Å². The van der Waals surface area contributed by atoms with Crippen molar-refractivity contribution in [1.82, 2.24) is 9.80 Å². The second-order valence-electron chi connectivity index (χ2n) is 6.85. The Hall–Kier alpha value is -3.02. The number of aryl methyl sites for hydroxylation is 1. The Kier molecular flexibility index (Phi) is 6.19. The zero-order chi connectivity index (χ0) is 20.1. The molecule has 6 heteroatoms. The zero-order valence-electron chi connectivity index (χ0n) is 16.6. The molecule has 1 heterocycles. The van der Waals surface area contributed by atoms with Crippen LogP contribution in [0.3, 0.4) is 0 Å². The monoisotopic (exact) mass is 382 g/mol. The van der Waals surface area contributed by atoms with Gasteiger partial charge in [0.15, 0.2) is 11.5 Å². The van der Waals surface area contributed by atoms with E-state index in [1.807, 2.05) is 36.1 Å². The first-order valence-electron chi connectivity index (χ1n) is 9.37. The predicted octanol–water partition coefficient (Wildman–Crippen LogP) is 2.54. The minimum absolute atomic E-state index is 0.0630. The number of hydrogen-bond acceptors (Lipinski definition) is 4. The number of amides is 2. The molecule has 3 rings (SSSR count). The number of rotatable bonds is 5. The smallest absolute Gasteiger partial charge is 0.254 e. The van der Waals surface area contributed by atoms with Gasteiger partial charge in [-0.15, -0.1) is 0 Å². The SMILES string of the molecule is COc1ccc(C(=O)N2CCN(C(=O)Cc3ccccc3C)CC2)cc1OC. The number of piperazine rings is 1. The number of ether oxygens (including phenoxy) is 2. The van der Waals surface area contributed by atoms with Gasteiger partial charge in [0, 0.05) is 31.7 Å². The first kappa shape index (κ1) is 19.7. The van der Waals surface area contributed by atoms with Crippen molar-refractivity contribution >= 4 is 11.8 Å². The van der Waals surface area contributed by atoms with E-state index in [1.54, 1.807) is 37.3 Å². The van der Waals surface area contributed by atoms with Crippen LogP contribution in [0.1, 0.15) is 21.5 Å². The Morgan fingerprint density at radius 3 is 2.18 bits per heavy atom. The van der Waals surface area contributed by atoms with E-state index in [9.17, 15) is 9.59 Å². The molecule has 2 aromatic carbocycles. The molecule has 0 N–H and O–H groups in total. The summed E-state index contributed by atoms with van der Waals surface area (Å²) in [5.74, 6) is 1.16. The quantitative estimate of drug-likeness (QED) is 0.797. The van der Waals surface area contributed by atoms with Gasteiger partial charge in [0.25, 0.3) is 5.91 Å². The maximum atomic E-state index is 12.8. The highest BCUT2D eigenvalue weighted by Crippen LogP contribution is 2.28.